The number of aromatic nitrogens is 3. The summed E-state index contributed by atoms with van der Waals surface area (Å²) >= 11 is 0. The number of amides is 1. The van der Waals surface area contributed by atoms with Gasteiger partial charge < -0.3 is 9.80 Å². The Morgan fingerprint density at radius 2 is 2.15 bits per heavy atom. The van der Waals surface area contributed by atoms with Gasteiger partial charge in [0.1, 0.15) is 11.6 Å². The van der Waals surface area contributed by atoms with Crippen LogP contribution in [0.3, 0.4) is 0 Å². The van der Waals surface area contributed by atoms with Gasteiger partial charge in [-0.15, -0.1) is 0 Å². The first-order valence-corrected chi connectivity index (χ1v) is 8.69. The molecule has 134 valence electrons. The van der Waals surface area contributed by atoms with Gasteiger partial charge in [0.2, 0.25) is 5.91 Å². The zero-order valence-electron chi connectivity index (χ0n) is 14.9. The number of allylic oxidation sites excluding steroid dienone is 1. The summed E-state index contributed by atoms with van der Waals surface area (Å²) in [5, 5.41) is 0. The lowest BCUT2D eigenvalue weighted by Gasteiger charge is -2.19. The monoisotopic (exact) mass is 353 g/mol. The molecule has 7 heteroatoms. The number of anilines is 1. The van der Waals surface area contributed by atoms with Crippen molar-refractivity contribution in [3.05, 3.63) is 53.0 Å². The van der Waals surface area contributed by atoms with Crippen molar-refractivity contribution < 1.29 is 9.18 Å². The zero-order chi connectivity index (χ0) is 18.3. The minimum atomic E-state index is -0.360. The molecule has 1 aliphatic carbocycles. The highest BCUT2D eigenvalue weighted by Gasteiger charge is 2.25. The van der Waals surface area contributed by atoms with Crippen LogP contribution in [0.1, 0.15) is 29.1 Å². The lowest BCUT2D eigenvalue weighted by Crippen LogP contribution is -2.29. The molecule has 6 nitrogen and oxygen atoms in total. The Balaban J connectivity index is 1.60. The molecule has 0 saturated heterocycles. The Labute approximate surface area is 151 Å². The van der Waals surface area contributed by atoms with Crippen molar-refractivity contribution in [3.63, 3.8) is 0 Å². The summed E-state index contributed by atoms with van der Waals surface area (Å²) < 4.78 is 13.6. The second kappa shape index (κ2) is 6.48. The molecule has 0 N–H and O–H groups in total. The van der Waals surface area contributed by atoms with Gasteiger partial charge in [-0.05, 0) is 12.5 Å². The van der Waals surface area contributed by atoms with Crippen molar-refractivity contribution in [1.29, 1.82) is 0 Å². The zero-order valence-corrected chi connectivity index (χ0v) is 14.9. The van der Waals surface area contributed by atoms with Crippen LogP contribution in [0.4, 0.5) is 10.2 Å². The highest BCUT2D eigenvalue weighted by atomic mass is 19.1. The maximum absolute atomic E-state index is 13.6. The van der Waals surface area contributed by atoms with E-state index in [0.717, 1.165) is 41.2 Å². The molecule has 2 aromatic rings. The Kier molecular flexibility index (Phi) is 4.14. The lowest BCUT2D eigenvalue weighted by atomic mass is 10.1. The summed E-state index contributed by atoms with van der Waals surface area (Å²) in [6.07, 6.45) is 7.06. The Morgan fingerprint density at radius 1 is 1.31 bits per heavy atom. The normalized spacial score (nSPS) is 14.9. The molecule has 0 radical (unpaired) electrons. The molecule has 0 unspecified atom stereocenters. The van der Waals surface area contributed by atoms with E-state index in [1.54, 1.807) is 19.0 Å². The number of carbonyl (C=O) groups excluding carboxylic acids is 1. The first kappa shape index (κ1) is 16.6. The second-order valence-corrected chi connectivity index (χ2v) is 6.79. The maximum Gasteiger partial charge on any atom is 0.223 e. The number of fused-ring (bicyclic) bond motifs is 2. The van der Waals surface area contributed by atoms with Gasteiger partial charge >= 0.3 is 0 Å². The minimum absolute atomic E-state index is 0.0988. The van der Waals surface area contributed by atoms with Crippen molar-refractivity contribution >= 4 is 17.3 Å². The van der Waals surface area contributed by atoms with Crippen molar-refractivity contribution in [3.8, 4) is 0 Å². The largest absolute Gasteiger partial charge is 0.355 e. The maximum atomic E-state index is 13.6. The van der Waals surface area contributed by atoms with Gasteiger partial charge in [-0.2, -0.15) is 0 Å². The highest BCUT2D eigenvalue weighted by molar-refractivity contribution is 5.81. The van der Waals surface area contributed by atoms with Crippen LogP contribution in [0.25, 0.3) is 5.57 Å². The molecule has 1 amide bonds. The van der Waals surface area contributed by atoms with Gasteiger partial charge in [0, 0.05) is 62.9 Å². The third-order valence-corrected chi connectivity index (χ3v) is 4.85. The van der Waals surface area contributed by atoms with Crippen LogP contribution < -0.4 is 4.90 Å². The molecule has 0 atom stereocenters. The molecular formula is C19H20FN5O. The second-order valence-electron chi connectivity index (χ2n) is 6.79. The van der Waals surface area contributed by atoms with E-state index in [1.807, 2.05) is 12.3 Å². The summed E-state index contributed by atoms with van der Waals surface area (Å²) in [5.41, 5.74) is 3.52. The number of rotatable bonds is 4. The predicted molar refractivity (Wildman–Crippen MR) is 96.2 cm³/mol. The molecule has 1 aliphatic heterocycles. The van der Waals surface area contributed by atoms with Crippen molar-refractivity contribution in [2.45, 2.75) is 19.3 Å². The fraction of sp³-hybridized carbons (Fsp3) is 0.368. The smallest absolute Gasteiger partial charge is 0.223 e. The summed E-state index contributed by atoms with van der Waals surface area (Å²) in [6.45, 7) is 1.46. The topological polar surface area (TPSA) is 62.2 Å². The molecule has 2 aromatic heterocycles. The quantitative estimate of drug-likeness (QED) is 0.839. The first-order valence-electron chi connectivity index (χ1n) is 8.69. The molecular weight excluding hydrogens is 333 g/mol. The highest BCUT2D eigenvalue weighted by Crippen LogP contribution is 2.33. The van der Waals surface area contributed by atoms with E-state index >= 15 is 0 Å². The number of hydrogen-bond donors (Lipinski definition) is 0. The van der Waals surface area contributed by atoms with Crippen LogP contribution in [-0.4, -0.2) is 52.9 Å². The third kappa shape index (κ3) is 2.94. The summed E-state index contributed by atoms with van der Waals surface area (Å²) in [6, 6.07) is 1.49. The van der Waals surface area contributed by atoms with Crippen molar-refractivity contribution in [2.75, 3.05) is 32.1 Å². The fourth-order valence-corrected chi connectivity index (χ4v) is 3.39. The van der Waals surface area contributed by atoms with Crippen LogP contribution >= 0.6 is 0 Å². The molecule has 3 heterocycles. The number of nitrogens with zero attached hydrogens (tertiary/aromatic N) is 5. The molecule has 0 saturated carbocycles. The van der Waals surface area contributed by atoms with Gasteiger partial charge in [0.25, 0.3) is 0 Å². The Hall–Kier alpha value is -2.83. The van der Waals surface area contributed by atoms with E-state index in [-0.39, 0.29) is 11.7 Å². The Bertz CT molecular complexity index is 909. The van der Waals surface area contributed by atoms with Crippen molar-refractivity contribution in [2.24, 2.45) is 0 Å². The molecule has 4 rings (SSSR count). The number of carbonyl (C=O) groups is 1. The first-order chi connectivity index (χ1) is 12.5. The average Bonchev–Trinajstić information content (AvgIpc) is 3.22. The fourth-order valence-electron chi connectivity index (χ4n) is 3.39. The standard InChI is InChI=1S/C19H20FN5O/c1-24(2)17(26)6-8-25-7-5-12-10-22-18(23-19(12)25)14-3-4-16-15(14)9-13(20)11-21-16/h3,9-11H,4-8H2,1-2H3. The molecule has 0 aromatic carbocycles. The van der Waals surface area contributed by atoms with Crippen LogP contribution in [-0.2, 0) is 17.6 Å². The molecule has 0 fully saturated rings. The molecule has 2 aliphatic rings. The predicted octanol–water partition coefficient (Wildman–Crippen LogP) is 1.84. The van der Waals surface area contributed by atoms with E-state index in [2.05, 4.69) is 14.9 Å². The van der Waals surface area contributed by atoms with Crippen LogP contribution in [0.15, 0.2) is 24.5 Å². The SMILES string of the molecule is CN(C)C(=O)CCN1CCc2cnc(C3=CCc4ncc(F)cc43)nc21. The number of halogens is 1. The van der Waals surface area contributed by atoms with Crippen molar-refractivity contribution in [1.82, 2.24) is 19.9 Å². The molecule has 0 spiro atoms. The van der Waals surface area contributed by atoms with E-state index < -0.39 is 0 Å². The lowest BCUT2D eigenvalue weighted by molar-refractivity contribution is -0.128. The van der Waals surface area contributed by atoms with Gasteiger partial charge in [-0.3, -0.25) is 9.78 Å². The summed E-state index contributed by atoms with van der Waals surface area (Å²) in [7, 11) is 3.52. The molecule has 26 heavy (non-hydrogen) atoms. The van der Waals surface area contributed by atoms with Gasteiger partial charge in [-0.1, -0.05) is 6.08 Å². The summed E-state index contributed by atoms with van der Waals surface area (Å²) in [5.74, 6) is 1.20. The summed E-state index contributed by atoms with van der Waals surface area (Å²) in [4.78, 5) is 29.0. The number of hydrogen-bond acceptors (Lipinski definition) is 5. The third-order valence-electron chi connectivity index (χ3n) is 4.85. The van der Waals surface area contributed by atoms with Crippen LogP contribution in [0, 0.1) is 5.82 Å². The van der Waals surface area contributed by atoms with Crippen LogP contribution in [0.2, 0.25) is 0 Å². The van der Waals surface area contributed by atoms with Gasteiger partial charge in [-0.25, -0.2) is 14.4 Å². The minimum Gasteiger partial charge on any atom is -0.355 e. The van der Waals surface area contributed by atoms with E-state index in [0.29, 0.717) is 25.2 Å². The Morgan fingerprint density at radius 3 is 2.96 bits per heavy atom. The molecule has 0 bridgehead atoms. The van der Waals surface area contributed by atoms with Crippen LogP contribution in [0.5, 0.6) is 0 Å². The van der Waals surface area contributed by atoms with E-state index in [1.165, 1.54) is 12.3 Å². The number of pyridine rings is 1. The average molecular weight is 353 g/mol. The van der Waals surface area contributed by atoms with Gasteiger partial charge in [0.05, 0.1) is 11.9 Å². The van der Waals surface area contributed by atoms with E-state index in [9.17, 15) is 9.18 Å². The van der Waals surface area contributed by atoms with E-state index in [4.69, 9.17) is 4.98 Å². The van der Waals surface area contributed by atoms with Gasteiger partial charge in [0.15, 0.2) is 5.82 Å².